The number of benzene rings is 7. The minimum atomic E-state index is -5.28. The molecule has 0 saturated heterocycles. The van der Waals surface area contributed by atoms with Crippen LogP contribution in [0.25, 0.3) is 60.9 Å². The number of carbonyl (C=O) groups is 2. The van der Waals surface area contributed by atoms with Crippen molar-refractivity contribution in [2.75, 3.05) is 4.90 Å². The lowest BCUT2D eigenvalue weighted by Gasteiger charge is -2.19. The molecule has 0 fully saturated rings. The molecule has 2 amide bonds. The molecular weight excluding hydrogens is 865 g/mol. The monoisotopic (exact) mass is 888 g/mol. The molecule has 2 heterocycles. The first kappa shape index (κ1) is 42.0. The summed E-state index contributed by atoms with van der Waals surface area (Å²) in [5.74, 6) is -1.75. The second-order valence-electron chi connectivity index (χ2n) is 14.9. The largest absolute Gasteiger partial charge is 0.416 e. The predicted octanol–water partition coefficient (Wildman–Crippen LogP) is 14.7. The average molecular weight is 889 g/mol. The van der Waals surface area contributed by atoms with E-state index in [1.165, 1.54) is 71.3 Å². The smallest absolute Gasteiger partial charge is 0.307 e. The van der Waals surface area contributed by atoms with Crippen LogP contribution in [0.2, 0.25) is 0 Å². The van der Waals surface area contributed by atoms with Gasteiger partial charge in [-0.05, 0) is 82.9 Å². The van der Waals surface area contributed by atoms with E-state index in [1.807, 2.05) is 30.3 Å². The van der Waals surface area contributed by atoms with Gasteiger partial charge in [0.15, 0.2) is 0 Å². The first-order chi connectivity index (χ1) is 30.1. The number of rotatable bonds is 5. The Morgan fingerprint density at radius 3 is 1.20 bits per heavy atom. The number of amides is 2. The van der Waals surface area contributed by atoms with E-state index < -0.39 is 69.9 Å². The molecule has 0 N–H and O–H groups in total. The fraction of sp³-hybridized carbons (Fsp3) is 0.0833. The fourth-order valence-electron chi connectivity index (χ4n) is 8.16. The molecule has 0 radical (unpaired) electrons. The number of fused-ring (bicyclic) bond motifs is 4. The molecule has 9 rings (SSSR count). The summed E-state index contributed by atoms with van der Waals surface area (Å²) in [6.45, 7) is 0. The zero-order valence-corrected chi connectivity index (χ0v) is 32.1. The number of hydrogen-bond acceptors (Lipinski definition) is 2. The molecule has 0 atom stereocenters. The standard InChI is InChI=1S/C48H24F12N2O2/c49-45(50,51)29-19-27(20-30(23-29)46(52,53)54)34-9-4-11-36-37-12-5-10-35(28-21-31(47(55,56)57)24-32(22-28)48(58,59)60)42(37)62(41(34)36)39-14-6-13-38-40(39)44(64)61(43(38)63)33-17-15-26(16-18-33)25-7-2-1-3-8-25/h1-24H. The summed E-state index contributed by atoms with van der Waals surface area (Å²) in [5.41, 5.74) is -7.91. The number of hydrogen-bond donors (Lipinski definition) is 0. The van der Waals surface area contributed by atoms with Crippen LogP contribution in [0, 0.1) is 0 Å². The number of aromatic nitrogens is 1. The van der Waals surface area contributed by atoms with Crippen LogP contribution in [-0.4, -0.2) is 16.4 Å². The summed E-state index contributed by atoms with van der Waals surface area (Å²) in [4.78, 5) is 29.7. The molecule has 322 valence electrons. The van der Waals surface area contributed by atoms with Gasteiger partial charge >= 0.3 is 24.7 Å². The highest BCUT2D eigenvalue weighted by molar-refractivity contribution is 6.36. The van der Waals surface area contributed by atoms with Gasteiger partial charge in [-0.2, -0.15) is 52.7 Å². The predicted molar refractivity (Wildman–Crippen MR) is 215 cm³/mol. The molecular formula is C48H24F12N2O2. The molecule has 7 aromatic carbocycles. The minimum Gasteiger partial charge on any atom is -0.307 e. The first-order valence-electron chi connectivity index (χ1n) is 18.9. The van der Waals surface area contributed by atoms with Gasteiger partial charge in [-0.3, -0.25) is 9.59 Å². The molecule has 1 aliphatic heterocycles. The van der Waals surface area contributed by atoms with E-state index >= 15 is 0 Å². The van der Waals surface area contributed by atoms with Crippen molar-refractivity contribution in [3.05, 3.63) is 179 Å². The summed E-state index contributed by atoms with van der Waals surface area (Å²) in [5, 5.41) is 0.150. The maximum absolute atomic E-state index is 14.7. The van der Waals surface area contributed by atoms with Crippen LogP contribution >= 0.6 is 0 Å². The molecule has 4 nitrogen and oxygen atoms in total. The third-order valence-electron chi connectivity index (χ3n) is 11.0. The number of alkyl halides is 12. The second-order valence-corrected chi connectivity index (χ2v) is 14.9. The summed E-state index contributed by atoms with van der Waals surface area (Å²) >= 11 is 0. The van der Waals surface area contributed by atoms with Gasteiger partial charge in [0.25, 0.3) is 11.8 Å². The number of imide groups is 1. The molecule has 1 aliphatic rings. The fourth-order valence-corrected chi connectivity index (χ4v) is 8.16. The molecule has 16 heteroatoms. The topological polar surface area (TPSA) is 42.3 Å². The van der Waals surface area contributed by atoms with Crippen molar-refractivity contribution < 1.29 is 62.3 Å². The number of halogens is 12. The quantitative estimate of drug-likeness (QED) is 0.128. The molecule has 64 heavy (non-hydrogen) atoms. The van der Waals surface area contributed by atoms with Crippen LogP contribution < -0.4 is 4.90 Å². The van der Waals surface area contributed by atoms with Crippen molar-refractivity contribution in [1.82, 2.24) is 4.57 Å². The summed E-state index contributed by atoms with van der Waals surface area (Å²) in [6, 6.07) is 29.0. The zero-order valence-electron chi connectivity index (χ0n) is 32.1. The van der Waals surface area contributed by atoms with Gasteiger partial charge < -0.3 is 4.57 Å². The molecule has 0 spiro atoms. The third kappa shape index (κ3) is 7.12. The molecule has 0 aliphatic carbocycles. The third-order valence-corrected chi connectivity index (χ3v) is 11.0. The van der Waals surface area contributed by atoms with Gasteiger partial charge in [0.1, 0.15) is 0 Å². The van der Waals surface area contributed by atoms with Crippen molar-refractivity contribution >= 4 is 39.3 Å². The maximum Gasteiger partial charge on any atom is 0.416 e. The number of carbonyl (C=O) groups excluding carboxylic acids is 2. The van der Waals surface area contributed by atoms with Crippen molar-refractivity contribution in [2.24, 2.45) is 0 Å². The lowest BCUT2D eigenvalue weighted by Crippen LogP contribution is -2.29. The highest BCUT2D eigenvalue weighted by Gasteiger charge is 2.42. The van der Waals surface area contributed by atoms with Crippen LogP contribution in [0.3, 0.4) is 0 Å². The Bertz CT molecular complexity index is 3000. The summed E-state index contributed by atoms with van der Waals surface area (Å²) < 4.78 is 172. The van der Waals surface area contributed by atoms with Crippen LogP contribution in [0.15, 0.2) is 146 Å². The van der Waals surface area contributed by atoms with E-state index in [-0.39, 0.29) is 67.6 Å². The number of anilines is 1. The Hall–Kier alpha value is -7.36. The van der Waals surface area contributed by atoms with E-state index in [0.29, 0.717) is 24.3 Å². The highest BCUT2D eigenvalue weighted by atomic mass is 19.4. The molecule has 0 saturated carbocycles. The minimum absolute atomic E-state index is 0.0709. The van der Waals surface area contributed by atoms with Gasteiger partial charge in [0.05, 0.1) is 55.8 Å². The van der Waals surface area contributed by atoms with Gasteiger partial charge in [-0.25, -0.2) is 4.90 Å². The van der Waals surface area contributed by atoms with Crippen LogP contribution in [-0.2, 0) is 24.7 Å². The van der Waals surface area contributed by atoms with E-state index in [4.69, 9.17) is 0 Å². The average Bonchev–Trinajstić information content (AvgIpc) is 3.73. The second kappa shape index (κ2) is 14.6. The summed E-state index contributed by atoms with van der Waals surface area (Å²) in [7, 11) is 0. The van der Waals surface area contributed by atoms with Gasteiger partial charge in [-0.1, -0.05) is 84.9 Å². The summed E-state index contributed by atoms with van der Waals surface area (Å²) in [6.07, 6.45) is -21.1. The van der Waals surface area contributed by atoms with Crippen molar-refractivity contribution in [1.29, 1.82) is 0 Å². The number of nitrogens with zero attached hydrogens (tertiary/aromatic N) is 2. The zero-order chi connectivity index (χ0) is 45.7. The normalized spacial score (nSPS) is 13.7. The molecule has 1 aromatic heterocycles. The number of para-hydroxylation sites is 2. The lowest BCUT2D eigenvalue weighted by molar-refractivity contribution is -0.144. The van der Waals surface area contributed by atoms with E-state index in [9.17, 15) is 62.3 Å². The van der Waals surface area contributed by atoms with Crippen molar-refractivity contribution in [2.45, 2.75) is 24.7 Å². The molecule has 0 unspecified atom stereocenters. The lowest BCUT2D eigenvalue weighted by atomic mass is 9.96. The molecule has 8 aromatic rings. The van der Waals surface area contributed by atoms with Crippen molar-refractivity contribution in [3.63, 3.8) is 0 Å². The van der Waals surface area contributed by atoms with Crippen LogP contribution in [0.1, 0.15) is 43.0 Å². The van der Waals surface area contributed by atoms with Gasteiger partial charge in [0, 0.05) is 21.9 Å². The SMILES string of the molecule is O=C1c2cccc(-n3c4c(-c5cc(C(F)(F)F)cc(C(F)(F)F)c5)cccc4c4cccc(-c5cc(C(F)(F)F)cc(C(F)(F)F)c5)c43)c2C(=O)N1c1ccc(-c2ccccc2)cc1. The van der Waals surface area contributed by atoms with Crippen LogP contribution in [0.5, 0.6) is 0 Å². The molecule has 0 bridgehead atoms. The maximum atomic E-state index is 14.7. The Labute approximate surface area is 353 Å². The Kier molecular flexibility index (Phi) is 9.58. The Morgan fingerprint density at radius 2 is 0.766 bits per heavy atom. The Balaban J connectivity index is 1.37. The van der Waals surface area contributed by atoms with Crippen LogP contribution in [0.4, 0.5) is 58.4 Å². The van der Waals surface area contributed by atoms with Crippen molar-refractivity contribution in [3.8, 4) is 39.1 Å². The van der Waals surface area contributed by atoms with E-state index in [1.54, 1.807) is 12.1 Å². The Morgan fingerprint density at radius 1 is 0.359 bits per heavy atom. The van der Waals surface area contributed by atoms with Gasteiger partial charge in [-0.15, -0.1) is 0 Å². The van der Waals surface area contributed by atoms with Gasteiger partial charge in [0.2, 0.25) is 0 Å². The first-order valence-corrected chi connectivity index (χ1v) is 18.9. The van der Waals surface area contributed by atoms with E-state index in [0.717, 1.165) is 16.0 Å². The highest BCUT2D eigenvalue weighted by Crippen LogP contribution is 2.47. The van der Waals surface area contributed by atoms with E-state index in [2.05, 4.69) is 0 Å².